The Kier molecular flexibility index (Phi) is 8.71. The van der Waals surface area contributed by atoms with Gasteiger partial charge in [0.25, 0.3) is 0 Å². The van der Waals surface area contributed by atoms with Crippen LogP contribution in [0.2, 0.25) is 0 Å². The molecule has 42 heavy (non-hydrogen) atoms. The van der Waals surface area contributed by atoms with Gasteiger partial charge in [0.2, 0.25) is 0 Å². The monoisotopic (exact) mass is 583 g/mol. The fourth-order valence-electron chi connectivity index (χ4n) is 5.16. The first-order valence-electron chi connectivity index (χ1n) is 13.6. The van der Waals surface area contributed by atoms with Gasteiger partial charge < -0.3 is 28.9 Å². The van der Waals surface area contributed by atoms with Crippen molar-refractivity contribution in [2.75, 3.05) is 41.5 Å². The number of nitrogens with one attached hydrogen (secondary N) is 1. The number of aromatic amines is 1. The third kappa shape index (κ3) is 5.66. The van der Waals surface area contributed by atoms with E-state index in [2.05, 4.69) is 52.3 Å². The molecule has 1 N–H and O–H groups in total. The quantitative estimate of drug-likeness (QED) is 0.173. The Balaban J connectivity index is 0.00000353. The van der Waals surface area contributed by atoms with E-state index in [-0.39, 0.29) is 12.4 Å². The Bertz CT molecular complexity index is 1710. The van der Waals surface area contributed by atoms with E-state index in [4.69, 9.17) is 24.2 Å². The molecule has 0 fully saturated rings. The number of rotatable bonds is 10. The Morgan fingerprint density at radius 3 is 2.17 bits per heavy atom. The maximum atomic E-state index is 6.05. The minimum Gasteiger partial charge on any atom is -0.493 e. The minimum atomic E-state index is 0. The lowest BCUT2D eigenvalue weighted by Gasteiger charge is -2.12. The van der Waals surface area contributed by atoms with E-state index in [1.165, 1.54) is 11.1 Å². The molecule has 0 unspecified atom stereocenters. The highest BCUT2D eigenvalue weighted by atomic mass is 35.5. The zero-order valence-electron chi connectivity index (χ0n) is 24.1. The summed E-state index contributed by atoms with van der Waals surface area (Å²) in [6.45, 7) is 1.78. The van der Waals surface area contributed by atoms with Crippen LogP contribution in [0.3, 0.4) is 0 Å². The molecule has 1 heterocycles. The average molecular weight is 584 g/mol. The van der Waals surface area contributed by atoms with Crippen molar-refractivity contribution in [3.8, 4) is 39.6 Å². The van der Waals surface area contributed by atoms with Crippen molar-refractivity contribution in [1.82, 2.24) is 9.88 Å². The lowest BCUT2D eigenvalue weighted by Crippen LogP contribution is -2.19. The van der Waals surface area contributed by atoms with Crippen molar-refractivity contribution in [2.45, 2.75) is 6.61 Å². The first-order chi connectivity index (χ1) is 20.1. The van der Waals surface area contributed by atoms with Gasteiger partial charge in [-0.25, -0.2) is 0 Å². The van der Waals surface area contributed by atoms with Gasteiger partial charge in [-0.3, -0.25) is 0 Å². The van der Waals surface area contributed by atoms with E-state index in [1.54, 1.807) is 14.2 Å². The van der Waals surface area contributed by atoms with Gasteiger partial charge in [0, 0.05) is 34.1 Å². The summed E-state index contributed by atoms with van der Waals surface area (Å²) in [5.41, 5.74) is 8.98. The smallest absolute Gasteiger partial charge is 0.161 e. The predicted molar refractivity (Wildman–Crippen MR) is 170 cm³/mol. The van der Waals surface area contributed by atoms with Crippen LogP contribution >= 0.6 is 12.4 Å². The van der Waals surface area contributed by atoms with Gasteiger partial charge in [0.1, 0.15) is 24.7 Å². The molecule has 0 spiro atoms. The topological polar surface area (TPSA) is 68.3 Å². The molecule has 5 aromatic rings. The van der Waals surface area contributed by atoms with Crippen molar-refractivity contribution in [3.05, 3.63) is 102 Å². The second kappa shape index (κ2) is 12.6. The lowest BCUT2D eigenvalue weighted by atomic mass is 10.0. The van der Waals surface area contributed by atoms with Gasteiger partial charge in [-0.15, -0.1) is 12.4 Å². The average Bonchev–Trinajstić information content (AvgIpc) is 3.51. The maximum absolute atomic E-state index is 6.05. The SMILES string of the molecule is COc1cc2c(cc1OC)-c1[nH]c3ccc(OCCN(C)C)cc3c1C2=NOCc1ccc(-c2ccccc2)cc1.Cl. The molecular weight excluding hydrogens is 550 g/mol. The van der Waals surface area contributed by atoms with Gasteiger partial charge in [0.15, 0.2) is 11.5 Å². The van der Waals surface area contributed by atoms with Crippen LogP contribution in [-0.2, 0) is 11.4 Å². The Labute approximate surface area is 252 Å². The molecule has 0 aliphatic heterocycles. The van der Waals surface area contributed by atoms with Gasteiger partial charge in [-0.05, 0) is 61.1 Å². The van der Waals surface area contributed by atoms with Crippen LogP contribution in [0.1, 0.15) is 16.7 Å². The lowest BCUT2D eigenvalue weighted by molar-refractivity contribution is 0.131. The number of likely N-dealkylation sites (N-methyl/N-ethyl adjacent to an activating group) is 1. The number of methoxy groups -OCH3 is 2. The van der Waals surface area contributed by atoms with Crippen molar-refractivity contribution >= 4 is 29.0 Å². The predicted octanol–water partition coefficient (Wildman–Crippen LogP) is 7.16. The highest BCUT2D eigenvalue weighted by molar-refractivity contribution is 6.30. The molecule has 1 aliphatic rings. The second-order valence-corrected chi connectivity index (χ2v) is 10.3. The van der Waals surface area contributed by atoms with Gasteiger partial charge in [-0.2, -0.15) is 0 Å². The number of ether oxygens (including phenoxy) is 3. The van der Waals surface area contributed by atoms with E-state index >= 15 is 0 Å². The third-order valence-corrected chi connectivity index (χ3v) is 7.31. The summed E-state index contributed by atoms with van der Waals surface area (Å²) in [5, 5.41) is 5.72. The van der Waals surface area contributed by atoms with E-state index in [0.717, 1.165) is 56.9 Å². The van der Waals surface area contributed by atoms with E-state index in [1.807, 2.05) is 56.6 Å². The largest absolute Gasteiger partial charge is 0.493 e. The molecule has 6 rings (SSSR count). The highest BCUT2D eigenvalue weighted by Crippen LogP contribution is 2.46. The number of aromatic nitrogens is 1. The standard InChI is InChI=1S/C34H33N3O4.ClH/c1-37(2)16-17-40-25-14-15-29-28(18-25)32-33(35-29)26-19-30(38-3)31(39-4)20-27(26)34(32)36-41-21-22-10-12-24(13-11-22)23-8-6-5-7-9-23;/h5-15,18-20,35H,16-17,21H2,1-4H3;1H. The first-order valence-corrected chi connectivity index (χ1v) is 13.6. The summed E-state index contributed by atoms with van der Waals surface area (Å²) in [6, 6.07) is 28.8. The summed E-state index contributed by atoms with van der Waals surface area (Å²) < 4.78 is 17.3. The number of oxime groups is 1. The Hall–Kier alpha value is -4.46. The third-order valence-electron chi connectivity index (χ3n) is 7.31. The van der Waals surface area contributed by atoms with Crippen LogP contribution in [0, 0.1) is 0 Å². The molecule has 0 amide bonds. The number of hydrogen-bond donors (Lipinski definition) is 1. The summed E-state index contributed by atoms with van der Waals surface area (Å²) in [7, 11) is 7.35. The first kappa shape index (κ1) is 29.0. The molecule has 0 radical (unpaired) electrons. The molecule has 0 bridgehead atoms. The molecule has 216 valence electrons. The van der Waals surface area contributed by atoms with Crippen LogP contribution in [-0.4, -0.2) is 57.1 Å². The van der Waals surface area contributed by atoms with Crippen LogP contribution in [0.25, 0.3) is 33.3 Å². The van der Waals surface area contributed by atoms with Crippen LogP contribution < -0.4 is 14.2 Å². The van der Waals surface area contributed by atoms with E-state index < -0.39 is 0 Å². The van der Waals surface area contributed by atoms with Crippen LogP contribution in [0.15, 0.2) is 90.1 Å². The Morgan fingerprint density at radius 1 is 0.786 bits per heavy atom. The summed E-state index contributed by atoms with van der Waals surface area (Å²) in [6.07, 6.45) is 0. The van der Waals surface area contributed by atoms with E-state index in [9.17, 15) is 0 Å². The molecule has 1 aliphatic carbocycles. The molecule has 7 nitrogen and oxygen atoms in total. The summed E-state index contributed by atoms with van der Waals surface area (Å²) >= 11 is 0. The zero-order valence-corrected chi connectivity index (χ0v) is 25.0. The van der Waals surface area contributed by atoms with Gasteiger partial charge >= 0.3 is 0 Å². The number of H-pyrrole nitrogens is 1. The van der Waals surface area contributed by atoms with Crippen LogP contribution in [0.4, 0.5) is 0 Å². The molecule has 0 atom stereocenters. The summed E-state index contributed by atoms with van der Waals surface area (Å²) in [4.78, 5) is 11.7. The zero-order chi connectivity index (χ0) is 28.3. The molecule has 8 heteroatoms. The van der Waals surface area contributed by atoms with Crippen molar-refractivity contribution in [3.63, 3.8) is 0 Å². The van der Waals surface area contributed by atoms with Crippen LogP contribution in [0.5, 0.6) is 17.2 Å². The fraction of sp³-hybridized carbons (Fsp3) is 0.206. The number of halogens is 1. The van der Waals surface area contributed by atoms with Crippen molar-refractivity contribution in [2.24, 2.45) is 5.16 Å². The summed E-state index contributed by atoms with van der Waals surface area (Å²) in [5.74, 6) is 2.10. The van der Waals surface area contributed by atoms with Crippen molar-refractivity contribution in [1.29, 1.82) is 0 Å². The molecule has 1 aromatic heterocycles. The fourth-order valence-corrected chi connectivity index (χ4v) is 5.16. The number of fused-ring (bicyclic) bond motifs is 5. The molecule has 0 saturated heterocycles. The van der Waals surface area contributed by atoms with Gasteiger partial charge in [0.05, 0.1) is 19.9 Å². The maximum Gasteiger partial charge on any atom is 0.161 e. The number of hydrogen-bond acceptors (Lipinski definition) is 6. The Morgan fingerprint density at radius 2 is 1.48 bits per heavy atom. The normalized spacial score (nSPS) is 12.6. The minimum absolute atomic E-state index is 0. The molecule has 0 saturated carbocycles. The number of nitrogens with zero attached hydrogens (tertiary/aromatic N) is 2. The van der Waals surface area contributed by atoms with Crippen molar-refractivity contribution < 1.29 is 19.0 Å². The highest BCUT2D eigenvalue weighted by Gasteiger charge is 2.32. The second-order valence-electron chi connectivity index (χ2n) is 10.3. The van der Waals surface area contributed by atoms with E-state index in [0.29, 0.717) is 24.7 Å². The molecule has 4 aromatic carbocycles. The molecular formula is C34H34ClN3O4. The van der Waals surface area contributed by atoms with Gasteiger partial charge in [-0.1, -0.05) is 59.8 Å². The number of benzene rings is 4.